The van der Waals surface area contributed by atoms with Gasteiger partial charge in [-0.3, -0.25) is 14.4 Å². The Kier molecular flexibility index (Phi) is 4.41. The number of fused-ring (bicyclic) bond motifs is 4. The standard InChI is InChI=1S/C22H28O5/c1-13(23)27-12-20(25)22(26)10-8-19-18-5-3-14-11-15(24)4-6-16(14)17(18)7-9-21(19,22)2/h3,18-19,26H,4-12H2,1-2H3/t18?,19?,21-,22-/m0/s1. The smallest absolute Gasteiger partial charge is 0.303 e. The van der Waals surface area contributed by atoms with Crippen LogP contribution in [0.4, 0.5) is 0 Å². The molecule has 0 heterocycles. The van der Waals surface area contributed by atoms with Crippen LogP contribution in [0.3, 0.4) is 0 Å². The number of hydrogen-bond acceptors (Lipinski definition) is 5. The van der Waals surface area contributed by atoms with Crippen molar-refractivity contribution in [2.24, 2.45) is 17.3 Å². The Morgan fingerprint density at radius 2 is 2.04 bits per heavy atom. The lowest BCUT2D eigenvalue weighted by atomic mass is 9.55. The van der Waals surface area contributed by atoms with Gasteiger partial charge in [-0.2, -0.15) is 0 Å². The van der Waals surface area contributed by atoms with E-state index < -0.39 is 17.0 Å². The van der Waals surface area contributed by atoms with E-state index >= 15 is 0 Å². The molecule has 0 radical (unpaired) electrons. The summed E-state index contributed by atoms with van der Waals surface area (Å²) in [6.07, 6.45) is 8.05. The highest BCUT2D eigenvalue weighted by Crippen LogP contribution is 2.63. The van der Waals surface area contributed by atoms with Crippen molar-refractivity contribution in [3.63, 3.8) is 0 Å². The van der Waals surface area contributed by atoms with Crippen LogP contribution in [0.1, 0.15) is 65.2 Å². The molecular formula is C22H28O5. The summed E-state index contributed by atoms with van der Waals surface area (Å²) in [7, 11) is 0. The van der Waals surface area contributed by atoms with E-state index in [1.165, 1.54) is 23.6 Å². The van der Waals surface area contributed by atoms with Gasteiger partial charge in [0.15, 0.2) is 6.61 Å². The predicted octanol–water partition coefficient (Wildman–Crippen LogP) is 3.06. The monoisotopic (exact) mass is 372 g/mol. The van der Waals surface area contributed by atoms with Crippen LogP contribution in [0, 0.1) is 17.3 Å². The van der Waals surface area contributed by atoms with Crippen LogP contribution in [0.25, 0.3) is 0 Å². The summed E-state index contributed by atoms with van der Waals surface area (Å²) < 4.78 is 4.89. The van der Waals surface area contributed by atoms with E-state index in [0.29, 0.717) is 31.0 Å². The maximum absolute atomic E-state index is 12.8. The molecule has 0 saturated heterocycles. The predicted molar refractivity (Wildman–Crippen MR) is 98.7 cm³/mol. The van der Waals surface area contributed by atoms with Crippen LogP contribution in [0.5, 0.6) is 0 Å². The first-order valence-corrected chi connectivity index (χ1v) is 10.1. The summed E-state index contributed by atoms with van der Waals surface area (Å²) >= 11 is 0. The highest BCUT2D eigenvalue weighted by atomic mass is 16.5. The van der Waals surface area contributed by atoms with Gasteiger partial charge in [0.25, 0.3) is 0 Å². The van der Waals surface area contributed by atoms with Crippen LogP contribution in [0.2, 0.25) is 0 Å². The Hall–Kier alpha value is -1.75. The molecule has 146 valence electrons. The summed E-state index contributed by atoms with van der Waals surface area (Å²) in [5, 5.41) is 11.4. The molecule has 4 aliphatic rings. The SMILES string of the molecule is CC(=O)OCC(=O)[C@@]1(O)CCC2C3CC=C4CC(=O)CCC4=C3CC[C@@]21C. The fourth-order valence-corrected chi connectivity index (χ4v) is 6.22. The molecule has 3 fully saturated rings. The van der Waals surface area contributed by atoms with E-state index in [9.17, 15) is 19.5 Å². The zero-order chi connectivity index (χ0) is 19.4. The second-order valence-corrected chi connectivity index (χ2v) is 8.92. The molecule has 3 saturated carbocycles. The summed E-state index contributed by atoms with van der Waals surface area (Å²) in [5.41, 5.74) is 2.17. The van der Waals surface area contributed by atoms with Gasteiger partial charge in [0, 0.05) is 25.2 Å². The van der Waals surface area contributed by atoms with E-state index in [1.54, 1.807) is 0 Å². The highest BCUT2D eigenvalue weighted by Gasteiger charge is 2.63. The average molecular weight is 372 g/mol. The summed E-state index contributed by atoms with van der Waals surface area (Å²) in [4.78, 5) is 35.7. The van der Waals surface area contributed by atoms with Crippen molar-refractivity contribution in [2.45, 2.75) is 70.8 Å². The van der Waals surface area contributed by atoms with Crippen molar-refractivity contribution in [2.75, 3.05) is 6.61 Å². The van der Waals surface area contributed by atoms with Crippen molar-refractivity contribution >= 4 is 17.5 Å². The Balaban J connectivity index is 1.61. The lowest BCUT2D eigenvalue weighted by Crippen LogP contribution is -2.55. The minimum absolute atomic E-state index is 0.246. The van der Waals surface area contributed by atoms with Crippen LogP contribution < -0.4 is 0 Å². The highest BCUT2D eigenvalue weighted by molar-refractivity contribution is 5.91. The molecule has 0 bridgehead atoms. The molecule has 5 nitrogen and oxygen atoms in total. The van der Waals surface area contributed by atoms with Gasteiger partial charge in [-0.15, -0.1) is 0 Å². The van der Waals surface area contributed by atoms with Crippen LogP contribution >= 0.6 is 0 Å². The molecule has 4 aliphatic carbocycles. The fraction of sp³-hybridized carbons (Fsp3) is 0.682. The van der Waals surface area contributed by atoms with Crippen molar-refractivity contribution in [1.82, 2.24) is 0 Å². The van der Waals surface area contributed by atoms with Crippen LogP contribution in [-0.2, 0) is 19.1 Å². The Labute approximate surface area is 159 Å². The van der Waals surface area contributed by atoms with Gasteiger partial charge in [0.05, 0.1) is 0 Å². The topological polar surface area (TPSA) is 80.7 Å². The van der Waals surface area contributed by atoms with Crippen LogP contribution in [0.15, 0.2) is 22.8 Å². The molecule has 4 rings (SSSR count). The van der Waals surface area contributed by atoms with Gasteiger partial charge >= 0.3 is 5.97 Å². The van der Waals surface area contributed by atoms with Gasteiger partial charge in [0.2, 0.25) is 5.78 Å². The van der Waals surface area contributed by atoms with Crippen molar-refractivity contribution in [3.8, 4) is 0 Å². The maximum atomic E-state index is 12.8. The number of allylic oxidation sites excluding steroid dienone is 4. The second kappa shape index (κ2) is 6.40. The first kappa shape index (κ1) is 18.6. The van der Waals surface area contributed by atoms with Crippen molar-refractivity contribution < 1.29 is 24.2 Å². The molecule has 0 aliphatic heterocycles. The van der Waals surface area contributed by atoms with E-state index in [1.807, 2.05) is 6.92 Å². The largest absolute Gasteiger partial charge is 0.458 e. The molecule has 4 atom stereocenters. The van der Waals surface area contributed by atoms with Crippen molar-refractivity contribution in [3.05, 3.63) is 22.8 Å². The van der Waals surface area contributed by atoms with E-state index in [2.05, 4.69) is 6.08 Å². The van der Waals surface area contributed by atoms with Crippen LogP contribution in [-0.4, -0.2) is 34.9 Å². The second-order valence-electron chi connectivity index (χ2n) is 8.92. The Bertz CT molecular complexity index is 776. The van der Waals surface area contributed by atoms with Gasteiger partial charge in [-0.25, -0.2) is 0 Å². The zero-order valence-corrected chi connectivity index (χ0v) is 16.2. The Morgan fingerprint density at radius 1 is 1.26 bits per heavy atom. The molecule has 27 heavy (non-hydrogen) atoms. The van der Waals surface area contributed by atoms with E-state index in [4.69, 9.17) is 4.74 Å². The molecule has 0 spiro atoms. The number of ketones is 2. The molecule has 5 heteroatoms. The maximum Gasteiger partial charge on any atom is 0.303 e. The summed E-state index contributed by atoms with van der Waals surface area (Å²) in [5.74, 6) is 0.0610. The quantitative estimate of drug-likeness (QED) is 0.770. The van der Waals surface area contributed by atoms with Gasteiger partial charge in [0.1, 0.15) is 11.4 Å². The number of Topliss-reactive ketones (excluding diaryl/α,β-unsaturated/α-hetero) is 2. The third kappa shape index (κ3) is 2.74. The molecule has 0 aromatic carbocycles. The molecule has 2 unspecified atom stereocenters. The van der Waals surface area contributed by atoms with E-state index in [-0.39, 0.29) is 18.3 Å². The van der Waals surface area contributed by atoms with Crippen molar-refractivity contribution in [1.29, 1.82) is 0 Å². The number of esters is 1. The third-order valence-electron chi connectivity index (χ3n) is 7.73. The number of aliphatic hydroxyl groups is 1. The average Bonchev–Trinajstić information content (AvgIpc) is 2.91. The van der Waals surface area contributed by atoms with Gasteiger partial charge < -0.3 is 9.84 Å². The molecular weight excluding hydrogens is 344 g/mol. The molecule has 0 amide bonds. The Morgan fingerprint density at radius 3 is 2.78 bits per heavy atom. The first-order chi connectivity index (χ1) is 12.8. The van der Waals surface area contributed by atoms with Gasteiger partial charge in [-0.1, -0.05) is 18.6 Å². The number of hydrogen-bond donors (Lipinski definition) is 1. The number of rotatable bonds is 3. The molecule has 1 N–H and O–H groups in total. The minimum Gasteiger partial charge on any atom is -0.458 e. The summed E-state index contributed by atoms with van der Waals surface area (Å²) in [6, 6.07) is 0. The lowest BCUT2D eigenvalue weighted by molar-refractivity contribution is -0.163. The number of carbonyl (C=O) groups excluding carboxylic acids is 3. The van der Waals surface area contributed by atoms with E-state index in [0.717, 1.165) is 32.1 Å². The number of carbonyl (C=O) groups is 3. The fourth-order valence-electron chi connectivity index (χ4n) is 6.22. The summed E-state index contributed by atoms with van der Waals surface area (Å²) in [6.45, 7) is 2.97. The minimum atomic E-state index is -1.42. The lowest BCUT2D eigenvalue weighted by Gasteiger charge is -2.50. The molecule has 0 aromatic heterocycles. The number of ether oxygens (including phenoxy) is 1. The first-order valence-electron chi connectivity index (χ1n) is 10.1. The normalized spacial score (nSPS) is 37.9. The molecule has 0 aromatic rings. The van der Waals surface area contributed by atoms with Gasteiger partial charge in [-0.05, 0) is 61.5 Å². The third-order valence-corrected chi connectivity index (χ3v) is 7.73. The zero-order valence-electron chi connectivity index (χ0n) is 16.2.